The van der Waals surface area contributed by atoms with Crippen molar-refractivity contribution in [2.45, 2.75) is 72.8 Å². The van der Waals surface area contributed by atoms with E-state index < -0.39 is 0 Å². The fourth-order valence-corrected chi connectivity index (χ4v) is 3.99. The van der Waals surface area contributed by atoms with Gasteiger partial charge in [-0.15, -0.1) is 0 Å². The van der Waals surface area contributed by atoms with Crippen LogP contribution in [0, 0.1) is 25.2 Å². The number of nitrogens with one attached hydrogen (secondary N) is 2. The lowest BCUT2D eigenvalue weighted by Gasteiger charge is -2.39. The Labute approximate surface area is 147 Å². The summed E-state index contributed by atoms with van der Waals surface area (Å²) in [6.07, 6.45) is 6.34. The molecule has 1 aliphatic rings. The minimum absolute atomic E-state index is 0.475. The van der Waals surface area contributed by atoms with Gasteiger partial charge < -0.3 is 10.6 Å². The zero-order chi connectivity index (χ0) is 17.0. The average molecular weight is 333 g/mol. The van der Waals surface area contributed by atoms with Gasteiger partial charge in [-0.05, 0) is 86.3 Å². The van der Waals surface area contributed by atoms with Crippen molar-refractivity contribution in [3.63, 3.8) is 0 Å². The third kappa shape index (κ3) is 5.20. The molecular formula is C20H32N2S. The molecule has 1 saturated carbocycles. The Morgan fingerprint density at radius 3 is 2.17 bits per heavy atom. The molecule has 2 rings (SSSR count). The van der Waals surface area contributed by atoms with E-state index in [2.05, 4.69) is 63.5 Å². The molecule has 0 atom stereocenters. The SMILES string of the molecule is CCC(C)(C)C1CCC(NC(=S)Nc2cc(C)cc(C)c2)CC1. The van der Waals surface area contributed by atoms with Crippen molar-refractivity contribution in [3.05, 3.63) is 29.3 Å². The Balaban J connectivity index is 1.83. The van der Waals surface area contributed by atoms with Crippen LogP contribution in [-0.4, -0.2) is 11.2 Å². The van der Waals surface area contributed by atoms with E-state index in [-0.39, 0.29) is 0 Å². The van der Waals surface area contributed by atoms with Crippen molar-refractivity contribution in [1.29, 1.82) is 0 Å². The minimum atomic E-state index is 0.475. The van der Waals surface area contributed by atoms with Gasteiger partial charge in [-0.25, -0.2) is 0 Å². The topological polar surface area (TPSA) is 24.1 Å². The summed E-state index contributed by atoms with van der Waals surface area (Å²) in [4.78, 5) is 0. The highest BCUT2D eigenvalue weighted by Crippen LogP contribution is 2.40. The second-order valence-electron chi connectivity index (χ2n) is 7.87. The number of hydrogen-bond donors (Lipinski definition) is 2. The summed E-state index contributed by atoms with van der Waals surface area (Å²) in [5, 5.41) is 7.62. The monoisotopic (exact) mass is 332 g/mol. The fourth-order valence-electron chi connectivity index (χ4n) is 3.71. The van der Waals surface area contributed by atoms with E-state index in [1.165, 1.54) is 43.2 Å². The lowest BCUT2D eigenvalue weighted by molar-refractivity contribution is 0.141. The van der Waals surface area contributed by atoms with Gasteiger partial charge in [0.15, 0.2) is 5.11 Å². The summed E-state index contributed by atoms with van der Waals surface area (Å²) in [5.41, 5.74) is 4.08. The molecule has 2 nitrogen and oxygen atoms in total. The molecule has 0 aromatic heterocycles. The van der Waals surface area contributed by atoms with E-state index in [1.807, 2.05) is 0 Å². The summed E-state index contributed by atoms with van der Waals surface area (Å²) in [7, 11) is 0. The van der Waals surface area contributed by atoms with Crippen molar-refractivity contribution in [2.24, 2.45) is 11.3 Å². The van der Waals surface area contributed by atoms with Crippen LogP contribution in [0.2, 0.25) is 0 Å². The minimum Gasteiger partial charge on any atom is -0.360 e. The predicted molar refractivity (Wildman–Crippen MR) is 105 cm³/mol. The van der Waals surface area contributed by atoms with E-state index in [0.717, 1.165) is 16.7 Å². The second-order valence-corrected chi connectivity index (χ2v) is 8.27. The lowest BCUT2D eigenvalue weighted by Crippen LogP contribution is -2.41. The number of aryl methyl sites for hydroxylation is 2. The predicted octanol–water partition coefficient (Wildman–Crippen LogP) is 5.58. The van der Waals surface area contributed by atoms with Crippen LogP contribution in [0.4, 0.5) is 5.69 Å². The quantitative estimate of drug-likeness (QED) is 0.703. The third-order valence-corrected chi connectivity index (χ3v) is 5.78. The number of hydrogen-bond acceptors (Lipinski definition) is 1. The van der Waals surface area contributed by atoms with Crippen LogP contribution < -0.4 is 10.6 Å². The molecule has 0 aliphatic heterocycles. The Hall–Kier alpha value is -1.09. The summed E-state index contributed by atoms with van der Waals surface area (Å²) < 4.78 is 0. The smallest absolute Gasteiger partial charge is 0.170 e. The molecule has 0 amide bonds. The van der Waals surface area contributed by atoms with Gasteiger partial charge >= 0.3 is 0 Å². The highest BCUT2D eigenvalue weighted by molar-refractivity contribution is 7.80. The molecular weight excluding hydrogens is 300 g/mol. The van der Waals surface area contributed by atoms with Gasteiger partial charge in [0.05, 0.1) is 0 Å². The summed E-state index contributed by atoms with van der Waals surface area (Å²) >= 11 is 5.51. The molecule has 0 bridgehead atoms. The highest BCUT2D eigenvalue weighted by Gasteiger charge is 2.31. The molecule has 128 valence electrons. The normalized spacial score (nSPS) is 21.8. The first-order valence-electron chi connectivity index (χ1n) is 8.96. The number of anilines is 1. The highest BCUT2D eigenvalue weighted by atomic mass is 32.1. The largest absolute Gasteiger partial charge is 0.360 e. The molecule has 0 heterocycles. The van der Waals surface area contributed by atoms with Gasteiger partial charge in [-0.3, -0.25) is 0 Å². The Bertz CT molecular complexity index is 522. The van der Waals surface area contributed by atoms with Crippen LogP contribution in [0.15, 0.2) is 18.2 Å². The molecule has 0 radical (unpaired) electrons. The number of rotatable bonds is 4. The van der Waals surface area contributed by atoms with Crippen LogP contribution >= 0.6 is 12.2 Å². The molecule has 0 spiro atoms. The summed E-state index contributed by atoms with van der Waals surface area (Å²) in [6, 6.07) is 6.98. The molecule has 1 fully saturated rings. The fraction of sp³-hybridized carbons (Fsp3) is 0.650. The van der Waals surface area contributed by atoms with Crippen LogP contribution in [-0.2, 0) is 0 Å². The summed E-state index contributed by atoms with van der Waals surface area (Å²) in [5.74, 6) is 0.853. The molecule has 23 heavy (non-hydrogen) atoms. The summed E-state index contributed by atoms with van der Waals surface area (Å²) in [6.45, 7) is 11.4. The molecule has 1 aromatic carbocycles. The maximum absolute atomic E-state index is 5.51. The molecule has 1 aliphatic carbocycles. The molecule has 1 aromatic rings. The Kier molecular flexibility index (Phi) is 6.07. The maximum Gasteiger partial charge on any atom is 0.170 e. The van der Waals surface area contributed by atoms with E-state index in [9.17, 15) is 0 Å². The Morgan fingerprint density at radius 2 is 1.65 bits per heavy atom. The Morgan fingerprint density at radius 1 is 1.09 bits per heavy atom. The molecule has 3 heteroatoms. The standard InChI is InChI=1S/C20H32N2S/c1-6-20(4,5)16-7-9-17(10-8-16)21-19(23)22-18-12-14(2)11-15(3)13-18/h11-13,16-17H,6-10H2,1-5H3,(H2,21,22,23). The van der Waals surface area contributed by atoms with Crippen molar-refractivity contribution in [2.75, 3.05) is 5.32 Å². The number of thiocarbonyl (C=S) groups is 1. The molecule has 0 unspecified atom stereocenters. The van der Waals surface area contributed by atoms with E-state index in [0.29, 0.717) is 11.5 Å². The van der Waals surface area contributed by atoms with Gasteiger partial charge in [0.2, 0.25) is 0 Å². The van der Waals surface area contributed by atoms with Crippen LogP contribution in [0.1, 0.15) is 64.0 Å². The van der Waals surface area contributed by atoms with Gasteiger partial charge in [0.1, 0.15) is 0 Å². The lowest BCUT2D eigenvalue weighted by atomic mass is 9.69. The van der Waals surface area contributed by atoms with Crippen molar-refractivity contribution in [3.8, 4) is 0 Å². The van der Waals surface area contributed by atoms with Gasteiger partial charge in [-0.2, -0.15) is 0 Å². The first kappa shape index (κ1) is 18.3. The molecule has 0 saturated heterocycles. The maximum atomic E-state index is 5.51. The van der Waals surface area contributed by atoms with Crippen LogP contribution in [0.25, 0.3) is 0 Å². The van der Waals surface area contributed by atoms with E-state index in [4.69, 9.17) is 12.2 Å². The zero-order valence-electron chi connectivity index (χ0n) is 15.3. The first-order chi connectivity index (χ1) is 10.8. The zero-order valence-corrected chi connectivity index (χ0v) is 16.1. The van der Waals surface area contributed by atoms with Crippen LogP contribution in [0.3, 0.4) is 0 Å². The van der Waals surface area contributed by atoms with Crippen molar-refractivity contribution < 1.29 is 0 Å². The second kappa shape index (κ2) is 7.65. The van der Waals surface area contributed by atoms with Crippen LogP contribution in [0.5, 0.6) is 0 Å². The number of benzene rings is 1. The van der Waals surface area contributed by atoms with Gasteiger partial charge in [0.25, 0.3) is 0 Å². The average Bonchev–Trinajstić information content (AvgIpc) is 2.46. The van der Waals surface area contributed by atoms with Gasteiger partial charge in [0, 0.05) is 11.7 Å². The third-order valence-electron chi connectivity index (χ3n) is 5.56. The van der Waals surface area contributed by atoms with E-state index >= 15 is 0 Å². The van der Waals surface area contributed by atoms with Crippen molar-refractivity contribution >= 4 is 23.0 Å². The van der Waals surface area contributed by atoms with Gasteiger partial charge in [-0.1, -0.05) is 33.3 Å². The first-order valence-corrected chi connectivity index (χ1v) is 9.37. The molecule has 2 N–H and O–H groups in total. The van der Waals surface area contributed by atoms with E-state index in [1.54, 1.807) is 0 Å². The van der Waals surface area contributed by atoms with Crippen molar-refractivity contribution in [1.82, 2.24) is 5.32 Å².